The lowest BCUT2D eigenvalue weighted by Gasteiger charge is -2.37. The van der Waals surface area contributed by atoms with Crippen molar-refractivity contribution in [3.8, 4) is 0 Å². The second-order valence-electron chi connectivity index (χ2n) is 5.76. The van der Waals surface area contributed by atoms with Crippen LogP contribution >= 0.6 is 22.9 Å². The molecule has 0 bridgehead atoms. The highest BCUT2D eigenvalue weighted by Crippen LogP contribution is 2.27. The van der Waals surface area contributed by atoms with E-state index in [1.165, 1.54) is 37.0 Å². The lowest BCUT2D eigenvalue weighted by molar-refractivity contribution is 0.139. The zero-order chi connectivity index (χ0) is 14.9. The van der Waals surface area contributed by atoms with Crippen molar-refractivity contribution in [1.82, 2.24) is 9.21 Å². The molecule has 3 rings (SSSR count). The van der Waals surface area contributed by atoms with Crippen LogP contribution in [-0.2, 0) is 15.9 Å². The lowest BCUT2D eigenvalue weighted by atomic mass is 10.2. The Morgan fingerprint density at radius 3 is 2.43 bits per heavy atom. The van der Waals surface area contributed by atoms with Crippen LogP contribution < -0.4 is 0 Å². The number of rotatable bonds is 4. The molecule has 7 heteroatoms. The van der Waals surface area contributed by atoms with Crippen molar-refractivity contribution in [2.45, 2.75) is 42.5 Å². The smallest absolute Gasteiger partial charge is 0.243 e. The lowest BCUT2D eigenvalue weighted by Crippen LogP contribution is -2.51. The second-order valence-corrected chi connectivity index (χ2v) is 8.96. The van der Waals surface area contributed by atoms with Gasteiger partial charge in [0.05, 0.1) is 10.8 Å². The molecular formula is C14H21ClN2O2S2. The molecule has 0 spiro atoms. The van der Waals surface area contributed by atoms with E-state index in [0.29, 0.717) is 29.9 Å². The Labute approximate surface area is 135 Å². The summed E-state index contributed by atoms with van der Waals surface area (Å²) in [6, 6.07) is 2.38. The normalized spacial score (nSPS) is 22.9. The molecule has 2 aliphatic rings. The van der Waals surface area contributed by atoms with Crippen molar-refractivity contribution in [3.63, 3.8) is 0 Å². The van der Waals surface area contributed by atoms with E-state index in [0.717, 1.165) is 18.0 Å². The summed E-state index contributed by atoms with van der Waals surface area (Å²) in [5, 5.41) is 1.70. The Morgan fingerprint density at radius 2 is 1.86 bits per heavy atom. The predicted octanol–water partition coefficient (Wildman–Crippen LogP) is 2.74. The number of thiophene rings is 1. The molecule has 1 aliphatic carbocycles. The number of sulfonamides is 1. The summed E-state index contributed by atoms with van der Waals surface area (Å²) in [4.78, 5) is 3.77. The molecule has 1 aliphatic heterocycles. The van der Waals surface area contributed by atoms with Gasteiger partial charge in [-0.3, -0.25) is 4.90 Å². The highest BCUT2D eigenvalue weighted by Gasteiger charge is 2.32. The third-order valence-corrected chi connectivity index (χ3v) is 7.92. The van der Waals surface area contributed by atoms with Crippen molar-refractivity contribution in [2.75, 3.05) is 26.2 Å². The average molecular weight is 349 g/mol. The van der Waals surface area contributed by atoms with Crippen molar-refractivity contribution in [2.24, 2.45) is 0 Å². The molecule has 1 aromatic heterocycles. The van der Waals surface area contributed by atoms with E-state index < -0.39 is 10.0 Å². The van der Waals surface area contributed by atoms with Crippen LogP contribution in [0.3, 0.4) is 0 Å². The molecule has 118 valence electrons. The predicted molar refractivity (Wildman–Crippen MR) is 86.5 cm³/mol. The quantitative estimate of drug-likeness (QED) is 0.785. The van der Waals surface area contributed by atoms with Gasteiger partial charge in [0, 0.05) is 42.5 Å². The van der Waals surface area contributed by atoms with Crippen LogP contribution in [0, 0.1) is 0 Å². The maximum Gasteiger partial charge on any atom is 0.243 e. The van der Waals surface area contributed by atoms with Crippen LogP contribution in [0.25, 0.3) is 0 Å². The van der Waals surface area contributed by atoms with Crippen molar-refractivity contribution >= 4 is 33.0 Å². The summed E-state index contributed by atoms with van der Waals surface area (Å²) >= 11 is 7.18. The van der Waals surface area contributed by atoms with Crippen LogP contribution in [0.4, 0.5) is 0 Å². The SMILES string of the molecule is O=S(=O)(c1csc(CCl)c1)N1CCN(C2CCCC2)CC1. The largest absolute Gasteiger partial charge is 0.298 e. The number of hydrogen-bond donors (Lipinski definition) is 0. The van der Waals surface area contributed by atoms with Gasteiger partial charge in [0.15, 0.2) is 0 Å². The molecule has 0 unspecified atom stereocenters. The fourth-order valence-corrected chi connectivity index (χ4v) is 6.09. The first-order valence-corrected chi connectivity index (χ1v) is 10.3. The van der Waals surface area contributed by atoms with E-state index in [9.17, 15) is 8.42 Å². The first-order valence-electron chi connectivity index (χ1n) is 7.49. The van der Waals surface area contributed by atoms with Crippen LogP contribution in [0.2, 0.25) is 0 Å². The van der Waals surface area contributed by atoms with Crippen LogP contribution in [0.15, 0.2) is 16.3 Å². The standard InChI is InChI=1S/C14H21ClN2O2S2/c15-10-13-9-14(11-20-13)21(18,19)17-7-5-16(6-8-17)12-3-1-2-4-12/h9,11-12H,1-8,10H2. The molecule has 0 amide bonds. The van der Waals surface area contributed by atoms with Crippen LogP contribution in [0.1, 0.15) is 30.6 Å². The summed E-state index contributed by atoms with van der Waals surface area (Å²) in [7, 11) is -3.34. The minimum atomic E-state index is -3.34. The summed E-state index contributed by atoms with van der Waals surface area (Å²) in [6.45, 7) is 2.92. The Bertz CT molecular complexity index is 574. The molecule has 0 atom stereocenters. The Hall–Kier alpha value is -0.140. The maximum absolute atomic E-state index is 12.6. The number of nitrogens with zero attached hydrogens (tertiary/aromatic N) is 2. The fourth-order valence-electron chi connectivity index (χ4n) is 3.29. The van der Waals surface area contributed by atoms with E-state index in [4.69, 9.17) is 11.6 Å². The fraction of sp³-hybridized carbons (Fsp3) is 0.714. The molecule has 2 fully saturated rings. The first-order chi connectivity index (χ1) is 10.1. The third kappa shape index (κ3) is 3.29. The molecule has 1 aromatic rings. The Morgan fingerprint density at radius 1 is 1.19 bits per heavy atom. The molecule has 1 saturated heterocycles. The minimum Gasteiger partial charge on any atom is -0.298 e. The van der Waals surface area contributed by atoms with Gasteiger partial charge >= 0.3 is 0 Å². The summed E-state index contributed by atoms with van der Waals surface area (Å²) in [5.74, 6) is 0.371. The van der Waals surface area contributed by atoms with E-state index in [1.807, 2.05) is 0 Å². The molecule has 0 aromatic carbocycles. The van der Waals surface area contributed by atoms with Gasteiger partial charge in [-0.15, -0.1) is 22.9 Å². The minimum absolute atomic E-state index is 0.371. The number of halogens is 1. The Kier molecular flexibility index (Phi) is 4.90. The molecule has 0 N–H and O–H groups in total. The molecular weight excluding hydrogens is 328 g/mol. The van der Waals surface area contributed by atoms with E-state index >= 15 is 0 Å². The van der Waals surface area contributed by atoms with Gasteiger partial charge in [-0.1, -0.05) is 12.8 Å². The van der Waals surface area contributed by atoms with Gasteiger partial charge < -0.3 is 0 Å². The van der Waals surface area contributed by atoms with Crippen LogP contribution in [0.5, 0.6) is 0 Å². The summed E-state index contributed by atoms with van der Waals surface area (Å²) in [5.41, 5.74) is 0. The zero-order valence-corrected chi connectivity index (χ0v) is 14.4. The second kappa shape index (κ2) is 6.54. The summed E-state index contributed by atoms with van der Waals surface area (Å²) < 4.78 is 26.9. The number of piperazine rings is 1. The third-order valence-electron chi connectivity index (χ3n) is 4.51. The summed E-state index contributed by atoms with van der Waals surface area (Å²) in [6.07, 6.45) is 5.19. The highest BCUT2D eigenvalue weighted by atomic mass is 35.5. The van der Waals surface area contributed by atoms with Gasteiger partial charge in [0.25, 0.3) is 0 Å². The highest BCUT2D eigenvalue weighted by molar-refractivity contribution is 7.89. The van der Waals surface area contributed by atoms with Gasteiger partial charge in [-0.2, -0.15) is 4.31 Å². The zero-order valence-electron chi connectivity index (χ0n) is 12.0. The molecule has 1 saturated carbocycles. The van der Waals surface area contributed by atoms with Gasteiger partial charge in [-0.05, 0) is 18.9 Å². The van der Waals surface area contributed by atoms with E-state index in [-0.39, 0.29) is 0 Å². The number of hydrogen-bond acceptors (Lipinski definition) is 4. The number of alkyl halides is 1. The molecule has 4 nitrogen and oxygen atoms in total. The maximum atomic E-state index is 12.6. The monoisotopic (exact) mass is 348 g/mol. The van der Waals surface area contributed by atoms with Crippen molar-refractivity contribution in [3.05, 3.63) is 16.3 Å². The van der Waals surface area contributed by atoms with Gasteiger partial charge in [0.1, 0.15) is 0 Å². The van der Waals surface area contributed by atoms with Crippen molar-refractivity contribution in [1.29, 1.82) is 0 Å². The van der Waals surface area contributed by atoms with Crippen molar-refractivity contribution < 1.29 is 8.42 Å². The van der Waals surface area contributed by atoms with Gasteiger partial charge in [-0.25, -0.2) is 8.42 Å². The first kappa shape index (κ1) is 15.7. The topological polar surface area (TPSA) is 40.6 Å². The molecule has 2 heterocycles. The molecule has 21 heavy (non-hydrogen) atoms. The van der Waals surface area contributed by atoms with Crippen LogP contribution in [-0.4, -0.2) is 49.8 Å². The van der Waals surface area contributed by atoms with Gasteiger partial charge in [0.2, 0.25) is 10.0 Å². The van der Waals surface area contributed by atoms with E-state index in [1.54, 1.807) is 15.8 Å². The molecule has 0 radical (unpaired) electrons. The Balaban J connectivity index is 1.65. The average Bonchev–Trinajstić information content (AvgIpc) is 3.19. The van der Waals surface area contributed by atoms with E-state index in [2.05, 4.69) is 4.90 Å².